The normalized spacial score (nSPS) is 13.5. The van der Waals surface area contributed by atoms with E-state index in [9.17, 15) is 4.79 Å². The Bertz CT molecular complexity index is 969. The summed E-state index contributed by atoms with van der Waals surface area (Å²) in [5, 5.41) is 2.94. The van der Waals surface area contributed by atoms with Gasteiger partial charge in [-0.3, -0.25) is 9.69 Å². The van der Waals surface area contributed by atoms with E-state index < -0.39 is 6.04 Å². The van der Waals surface area contributed by atoms with E-state index in [0.717, 1.165) is 11.1 Å². The van der Waals surface area contributed by atoms with Crippen molar-refractivity contribution in [1.29, 1.82) is 0 Å². The average Bonchev–Trinajstić information content (AvgIpc) is 3.36. The van der Waals surface area contributed by atoms with Crippen LogP contribution in [-0.2, 0) is 11.3 Å². The number of aromatic nitrogens is 1. The molecule has 1 atom stereocenters. The summed E-state index contributed by atoms with van der Waals surface area (Å²) in [7, 11) is 3.72. The fourth-order valence-electron chi connectivity index (χ4n) is 3.14. The van der Waals surface area contributed by atoms with Gasteiger partial charge in [-0.1, -0.05) is 24.3 Å². The lowest BCUT2D eigenvalue weighted by Crippen LogP contribution is -2.36. The molecule has 0 bridgehead atoms. The summed E-state index contributed by atoms with van der Waals surface area (Å²) in [6.07, 6.45) is 1.56. The van der Waals surface area contributed by atoms with Crippen LogP contribution in [0.5, 0.6) is 11.5 Å². The van der Waals surface area contributed by atoms with Gasteiger partial charge in [0.25, 0.3) is 0 Å². The van der Waals surface area contributed by atoms with Crippen LogP contribution in [0.15, 0.2) is 59.2 Å². The number of rotatable bonds is 6. The molecule has 0 aliphatic carbocycles. The predicted molar refractivity (Wildman–Crippen MR) is 103 cm³/mol. The maximum Gasteiger partial charge on any atom is 0.242 e. The number of nitrogens with one attached hydrogen (secondary N) is 1. The molecular formula is C21H21N3O4. The third-order valence-corrected chi connectivity index (χ3v) is 4.49. The molecule has 4 rings (SSSR count). The van der Waals surface area contributed by atoms with Crippen molar-refractivity contribution in [3.05, 3.63) is 66.1 Å². The molecule has 1 amide bonds. The molecule has 7 heteroatoms. The minimum atomic E-state index is -0.463. The van der Waals surface area contributed by atoms with Crippen molar-refractivity contribution in [1.82, 2.24) is 15.2 Å². The number of fused-ring (bicyclic) bond motifs is 1. The lowest BCUT2D eigenvalue weighted by Gasteiger charge is -2.23. The van der Waals surface area contributed by atoms with Gasteiger partial charge in [-0.05, 0) is 43.9 Å². The topological polar surface area (TPSA) is 76.8 Å². The Morgan fingerprint density at radius 2 is 1.93 bits per heavy atom. The molecule has 2 aromatic carbocycles. The van der Waals surface area contributed by atoms with Crippen molar-refractivity contribution < 1.29 is 18.7 Å². The van der Waals surface area contributed by atoms with Gasteiger partial charge in [-0.15, -0.1) is 0 Å². The number of ether oxygens (including phenoxy) is 2. The van der Waals surface area contributed by atoms with Gasteiger partial charge in [-0.25, -0.2) is 4.98 Å². The Morgan fingerprint density at radius 1 is 1.14 bits per heavy atom. The number of carbonyl (C=O) groups excluding carboxylic acids is 1. The number of hydrogen-bond acceptors (Lipinski definition) is 6. The molecule has 28 heavy (non-hydrogen) atoms. The van der Waals surface area contributed by atoms with E-state index >= 15 is 0 Å². The van der Waals surface area contributed by atoms with Gasteiger partial charge >= 0.3 is 0 Å². The third-order valence-electron chi connectivity index (χ3n) is 4.49. The standard InChI is InChI=1S/C21H21N3O4/c1-24(2)19(15-8-9-17-18(10-15)28-13-27-17)20(25)22-11-16-12-26-21(23-16)14-6-4-3-5-7-14/h3-10,12,19H,11,13H2,1-2H3,(H,22,25). The van der Waals surface area contributed by atoms with Crippen LogP contribution in [0.25, 0.3) is 11.5 Å². The lowest BCUT2D eigenvalue weighted by molar-refractivity contribution is -0.126. The van der Waals surface area contributed by atoms with Crippen LogP contribution in [0.2, 0.25) is 0 Å². The molecule has 0 fully saturated rings. The molecule has 3 aromatic rings. The van der Waals surface area contributed by atoms with Crippen molar-refractivity contribution in [2.45, 2.75) is 12.6 Å². The second-order valence-corrected chi connectivity index (χ2v) is 6.71. The largest absolute Gasteiger partial charge is 0.454 e. The number of likely N-dealkylation sites (N-methyl/N-ethyl adjacent to an activating group) is 1. The molecule has 1 aliphatic heterocycles. The summed E-state index contributed by atoms with van der Waals surface area (Å²) < 4.78 is 16.3. The van der Waals surface area contributed by atoms with Crippen LogP contribution in [0.4, 0.5) is 0 Å². The minimum Gasteiger partial charge on any atom is -0.454 e. The highest BCUT2D eigenvalue weighted by atomic mass is 16.7. The maximum absolute atomic E-state index is 12.9. The molecule has 1 N–H and O–H groups in total. The number of oxazole rings is 1. The van der Waals surface area contributed by atoms with E-state index in [0.29, 0.717) is 23.1 Å². The summed E-state index contributed by atoms with van der Waals surface area (Å²) in [5.41, 5.74) is 2.39. The molecule has 0 radical (unpaired) electrons. The Kier molecular flexibility index (Phi) is 4.99. The Balaban J connectivity index is 1.45. The monoisotopic (exact) mass is 379 g/mol. The van der Waals surface area contributed by atoms with Gasteiger partial charge in [0, 0.05) is 5.56 Å². The van der Waals surface area contributed by atoms with Crippen LogP contribution in [0.1, 0.15) is 17.3 Å². The summed E-state index contributed by atoms with van der Waals surface area (Å²) in [6, 6.07) is 14.7. The molecule has 144 valence electrons. The smallest absolute Gasteiger partial charge is 0.242 e. The van der Waals surface area contributed by atoms with Crippen LogP contribution >= 0.6 is 0 Å². The van der Waals surface area contributed by atoms with Gasteiger partial charge in [0.05, 0.1) is 12.2 Å². The van der Waals surface area contributed by atoms with Gasteiger partial charge < -0.3 is 19.2 Å². The Hall–Kier alpha value is -3.32. The highest BCUT2D eigenvalue weighted by Crippen LogP contribution is 2.35. The first-order chi connectivity index (χ1) is 13.6. The first kappa shape index (κ1) is 18.1. The van der Waals surface area contributed by atoms with E-state index in [1.165, 1.54) is 0 Å². The molecule has 1 unspecified atom stereocenters. The average molecular weight is 379 g/mol. The van der Waals surface area contributed by atoms with E-state index in [1.807, 2.05) is 67.5 Å². The van der Waals surface area contributed by atoms with Gasteiger partial charge in [-0.2, -0.15) is 0 Å². The second-order valence-electron chi connectivity index (χ2n) is 6.71. The van der Waals surface area contributed by atoms with E-state index in [1.54, 1.807) is 6.26 Å². The van der Waals surface area contributed by atoms with Gasteiger partial charge in [0.2, 0.25) is 18.6 Å². The number of benzene rings is 2. The van der Waals surface area contributed by atoms with Crippen molar-refractivity contribution >= 4 is 5.91 Å². The quantitative estimate of drug-likeness (QED) is 0.710. The number of amides is 1. The third kappa shape index (κ3) is 3.70. The summed E-state index contributed by atoms with van der Waals surface area (Å²) >= 11 is 0. The van der Waals surface area contributed by atoms with Crippen LogP contribution in [0, 0.1) is 0 Å². The highest BCUT2D eigenvalue weighted by molar-refractivity contribution is 5.83. The fourth-order valence-corrected chi connectivity index (χ4v) is 3.14. The van der Waals surface area contributed by atoms with Crippen molar-refractivity contribution in [3.63, 3.8) is 0 Å². The van der Waals surface area contributed by atoms with E-state index in [2.05, 4.69) is 10.3 Å². The number of carbonyl (C=O) groups is 1. The first-order valence-electron chi connectivity index (χ1n) is 8.95. The second kappa shape index (κ2) is 7.74. The summed E-state index contributed by atoms with van der Waals surface area (Å²) in [5.74, 6) is 1.75. The fraction of sp³-hybridized carbons (Fsp3) is 0.238. The van der Waals surface area contributed by atoms with Crippen molar-refractivity contribution in [2.75, 3.05) is 20.9 Å². The highest BCUT2D eigenvalue weighted by Gasteiger charge is 2.25. The molecular weight excluding hydrogens is 358 g/mol. The minimum absolute atomic E-state index is 0.131. The van der Waals surface area contributed by atoms with Gasteiger partial charge in [0.15, 0.2) is 11.5 Å². The first-order valence-corrected chi connectivity index (χ1v) is 8.95. The van der Waals surface area contributed by atoms with Crippen LogP contribution < -0.4 is 14.8 Å². The SMILES string of the molecule is CN(C)C(C(=O)NCc1coc(-c2ccccc2)n1)c1ccc2c(c1)OCO2. The zero-order chi connectivity index (χ0) is 19.5. The Labute approximate surface area is 162 Å². The van der Waals surface area contributed by atoms with E-state index in [4.69, 9.17) is 13.9 Å². The molecule has 0 saturated heterocycles. The van der Waals surface area contributed by atoms with Crippen LogP contribution in [0.3, 0.4) is 0 Å². The number of nitrogens with zero attached hydrogens (tertiary/aromatic N) is 2. The lowest BCUT2D eigenvalue weighted by atomic mass is 10.0. The molecule has 7 nitrogen and oxygen atoms in total. The predicted octanol–water partition coefficient (Wildman–Crippen LogP) is 2.99. The molecule has 0 saturated carbocycles. The molecule has 0 spiro atoms. The molecule has 1 aromatic heterocycles. The number of hydrogen-bond donors (Lipinski definition) is 1. The zero-order valence-electron chi connectivity index (χ0n) is 15.7. The maximum atomic E-state index is 12.9. The summed E-state index contributed by atoms with van der Waals surface area (Å²) in [4.78, 5) is 19.1. The zero-order valence-corrected chi connectivity index (χ0v) is 15.7. The van der Waals surface area contributed by atoms with Crippen LogP contribution in [-0.4, -0.2) is 36.7 Å². The Morgan fingerprint density at radius 3 is 2.71 bits per heavy atom. The van der Waals surface area contributed by atoms with Gasteiger partial charge in [0.1, 0.15) is 12.3 Å². The van der Waals surface area contributed by atoms with Crippen molar-refractivity contribution in [3.8, 4) is 23.0 Å². The van der Waals surface area contributed by atoms with E-state index in [-0.39, 0.29) is 19.2 Å². The summed E-state index contributed by atoms with van der Waals surface area (Å²) in [6.45, 7) is 0.484. The van der Waals surface area contributed by atoms with Crippen molar-refractivity contribution in [2.24, 2.45) is 0 Å². The molecule has 1 aliphatic rings. The molecule has 2 heterocycles.